The quantitative estimate of drug-likeness (QED) is 0.758. The molecule has 1 fully saturated rings. The van der Waals surface area contributed by atoms with Crippen LogP contribution in [0.3, 0.4) is 0 Å². The molecule has 1 aromatic carbocycles. The van der Waals surface area contributed by atoms with Crippen molar-refractivity contribution >= 4 is 5.97 Å². The Kier molecular flexibility index (Phi) is 3.02. The summed E-state index contributed by atoms with van der Waals surface area (Å²) < 4.78 is 5.01. The molecule has 2 atom stereocenters. The zero-order valence-electron chi connectivity index (χ0n) is 8.43. The van der Waals surface area contributed by atoms with Crippen LogP contribution >= 0.6 is 0 Å². The summed E-state index contributed by atoms with van der Waals surface area (Å²) in [7, 11) is 0. The SMILES string of the molecule is O=C1CC[C@@H]([C@H](O)Cc2ccccc2)O1. The predicted molar refractivity (Wildman–Crippen MR) is 55.3 cm³/mol. The molecule has 0 spiro atoms. The molecule has 80 valence electrons. The summed E-state index contributed by atoms with van der Waals surface area (Å²) >= 11 is 0. The van der Waals surface area contributed by atoms with Gasteiger partial charge in [0.2, 0.25) is 0 Å². The molecule has 15 heavy (non-hydrogen) atoms. The largest absolute Gasteiger partial charge is 0.460 e. The number of aliphatic hydroxyl groups excluding tert-OH is 1. The average molecular weight is 206 g/mol. The van der Waals surface area contributed by atoms with Gasteiger partial charge in [-0.2, -0.15) is 0 Å². The number of rotatable bonds is 3. The van der Waals surface area contributed by atoms with Crippen molar-refractivity contribution in [3.8, 4) is 0 Å². The Morgan fingerprint density at radius 2 is 2.13 bits per heavy atom. The lowest BCUT2D eigenvalue weighted by Crippen LogP contribution is -2.27. The van der Waals surface area contributed by atoms with Gasteiger partial charge in [0.25, 0.3) is 0 Å². The van der Waals surface area contributed by atoms with Gasteiger partial charge in [0, 0.05) is 12.8 Å². The van der Waals surface area contributed by atoms with Crippen LogP contribution in [0.4, 0.5) is 0 Å². The Balaban J connectivity index is 1.92. The average Bonchev–Trinajstić information content (AvgIpc) is 2.66. The number of hydrogen-bond donors (Lipinski definition) is 1. The van der Waals surface area contributed by atoms with Crippen LogP contribution < -0.4 is 0 Å². The summed E-state index contributed by atoms with van der Waals surface area (Å²) in [5.41, 5.74) is 1.06. The predicted octanol–water partition coefficient (Wildman–Crippen LogP) is 1.30. The van der Waals surface area contributed by atoms with Crippen LogP contribution in [-0.2, 0) is 16.0 Å². The van der Waals surface area contributed by atoms with E-state index in [-0.39, 0.29) is 12.1 Å². The van der Waals surface area contributed by atoms with Crippen LogP contribution in [0.1, 0.15) is 18.4 Å². The minimum Gasteiger partial charge on any atom is -0.460 e. The fraction of sp³-hybridized carbons (Fsp3) is 0.417. The molecular formula is C12H14O3. The number of cyclic esters (lactones) is 1. The van der Waals surface area contributed by atoms with Crippen molar-refractivity contribution in [2.24, 2.45) is 0 Å². The fourth-order valence-electron chi connectivity index (χ4n) is 1.80. The van der Waals surface area contributed by atoms with Crippen molar-refractivity contribution in [1.82, 2.24) is 0 Å². The van der Waals surface area contributed by atoms with E-state index >= 15 is 0 Å². The second kappa shape index (κ2) is 4.45. The number of hydrogen-bond acceptors (Lipinski definition) is 3. The third-order valence-electron chi connectivity index (χ3n) is 2.63. The number of carbonyl (C=O) groups excluding carboxylic acids is 1. The molecule has 1 heterocycles. The fourth-order valence-corrected chi connectivity index (χ4v) is 1.80. The molecular weight excluding hydrogens is 192 g/mol. The highest BCUT2D eigenvalue weighted by molar-refractivity contribution is 5.71. The molecule has 1 aliphatic rings. The standard InChI is InChI=1S/C12H14O3/c13-10(11-6-7-12(14)15-11)8-9-4-2-1-3-5-9/h1-5,10-11,13H,6-8H2/t10-,11+/m1/s1. The van der Waals surface area contributed by atoms with Gasteiger partial charge in [-0.1, -0.05) is 30.3 Å². The summed E-state index contributed by atoms with van der Waals surface area (Å²) in [5, 5.41) is 9.84. The summed E-state index contributed by atoms with van der Waals surface area (Å²) in [4.78, 5) is 10.9. The van der Waals surface area contributed by atoms with Gasteiger partial charge in [-0.05, 0) is 12.0 Å². The van der Waals surface area contributed by atoms with E-state index < -0.39 is 6.10 Å². The molecule has 1 aliphatic heterocycles. The highest BCUT2D eigenvalue weighted by Gasteiger charge is 2.29. The highest BCUT2D eigenvalue weighted by Crippen LogP contribution is 2.19. The van der Waals surface area contributed by atoms with Gasteiger partial charge in [-0.15, -0.1) is 0 Å². The highest BCUT2D eigenvalue weighted by atomic mass is 16.6. The number of benzene rings is 1. The van der Waals surface area contributed by atoms with Crippen molar-refractivity contribution in [3.63, 3.8) is 0 Å². The lowest BCUT2D eigenvalue weighted by atomic mass is 10.0. The van der Waals surface area contributed by atoms with Gasteiger partial charge >= 0.3 is 5.97 Å². The van der Waals surface area contributed by atoms with Crippen LogP contribution in [0.25, 0.3) is 0 Å². The van der Waals surface area contributed by atoms with Crippen LogP contribution in [0.2, 0.25) is 0 Å². The lowest BCUT2D eigenvalue weighted by Gasteiger charge is -2.16. The molecule has 2 rings (SSSR count). The first-order valence-electron chi connectivity index (χ1n) is 5.17. The smallest absolute Gasteiger partial charge is 0.306 e. The lowest BCUT2D eigenvalue weighted by molar-refractivity contribution is -0.145. The zero-order chi connectivity index (χ0) is 10.7. The van der Waals surface area contributed by atoms with Crippen molar-refractivity contribution < 1.29 is 14.6 Å². The Morgan fingerprint density at radius 1 is 1.40 bits per heavy atom. The third-order valence-corrected chi connectivity index (χ3v) is 2.63. The van der Waals surface area contributed by atoms with E-state index in [2.05, 4.69) is 0 Å². The monoisotopic (exact) mass is 206 g/mol. The molecule has 0 aromatic heterocycles. The van der Waals surface area contributed by atoms with E-state index in [1.54, 1.807) is 0 Å². The number of ether oxygens (including phenoxy) is 1. The molecule has 0 aliphatic carbocycles. The van der Waals surface area contributed by atoms with Crippen LogP contribution in [0.15, 0.2) is 30.3 Å². The third kappa shape index (κ3) is 2.57. The van der Waals surface area contributed by atoms with Gasteiger partial charge in [-0.25, -0.2) is 0 Å². The Hall–Kier alpha value is -1.35. The second-order valence-electron chi connectivity index (χ2n) is 3.82. The molecule has 1 N–H and O–H groups in total. The first-order chi connectivity index (χ1) is 7.25. The maximum Gasteiger partial charge on any atom is 0.306 e. The molecule has 0 radical (unpaired) electrons. The first kappa shape index (κ1) is 10.2. The van der Waals surface area contributed by atoms with Gasteiger partial charge in [-0.3, -0.25) is 4.79 Å². The summed E-state index contributed by atoms with van der Waals surface area (Å²) in [6.45, 7) is 0. The normalized spacial score (nSPS) is 22.5. The van der Waals surface area contributed by atoms with Crippen molar-refractivity contribution in [3.05, 3.63) is 35.9 Å². The Morgan fingerprint density at radius 3 is 2.73 bits per heavy atom. The van der Waals surface area contributed by atoms with E-state index in [0.29, 0.717) is 19.3 Å². The Labute approximate surface area is 88.7 Å². The minimum atomic E-state index is -0.584. The number of aliphatic hydroxyl groups is 1. The van der Waals surface area contributed by atoms with Crippen molar-refractivity contribution in [2.45, 2.75) is 31.5 Å². The topological polar surface area (TPSA) is 46.5 Å². The summed E-state index contributed by atoms with van der Waals surface area (Å²) in [6.07, 6.45) is 0.693. The Bertz CT molecular complexity index is 334. The second-order valence-corrected chi connectivity index (χ2v) is 3.82. The van der Waals surface area contributed by atoms with E-state index in [0.717, 1.165) is 5.56 Å². The molecule has 0 saturated carbocycles. The number of carbonyl (C=O) groups is 1. The van der Waals surface area contributed by atoms with Crippen LogP contribution in [-0.4, -0.2) is 23.3 Å². The van der Waals surface area contributed by atoms with Gasteiger partial charge in [0.1, 0.15) is 6.10 Å². The minimum absolute atomic E-state index is 0.202. The van der Waals surface area contributed by atoms with Gasteiger partial charge in [0.05, 0.1) is 6.10 Å². The molecule has 1 aromatic rings. The maximum absolute atomic E-state index is 10.9. The number of esters is 1. The molecule has 0 bridgehead atoms. The molecule has 3 heteroatoms. The molecule has 1 saturated heterocycles. The van der Waals surface area contributed by atoms with Gasteiger partial charge < -0.3 is 9.84 Å². The van der Waals surface area contributed by atoms with E-state index in [1.165, 1.54) is 0 Å². The maximum atomic E-state index is 10.9. The van der Waals surface area contributed by atoms with Crippen LogP contribution in [0, 0.1) is 0 Å². The molecule has 3 nitrogen and oxygen atoms in total. The van der Waals surface area contributed by atoms with Gasteiger partial charge in [0.15, 0.2) is 0 Å². The zero-order valence-corrected chi connectivity index (χ0v) is 8.43. The summed E-state index contributed by atoms with van der Waals surface area (Å²) in [6, 6.07) is 9.72. The molecule has 0 amide bonds. The van der Waals surface area contributed by atoms with Crippen molar-refractivity contribution in [1.29, 1.82) is 0 Å². The first-order valence-corrected chi connectivity index (χ1v) is 5.17. The van der Waals surface area contributed by atoms with Crippen LogP contribution in [0.5, 0.6) is 0 Å². The van der Waals surface area contributed by atoms with E-state index in [1.807, 2.05) is 30.3 Å². The molecule has 0 unspecified atom stereocenters. The van der Waals surface area contributed by atoms with E-state index in [9.17, 15) is 9.90 Å². The summed E-state index contributed by atoms with van der Waals surface area (Å²) in [5.74, 6) is -0.202. The van der Waals surface area contributed by atoms with E-state index in [4.69, 9.17) is 4.74 Å². The van der Waals surface area contributed by atoms with Crippen molar-refractivity contribution in [2.75, 3.05) is 0 Å².